The van der Waals surface area contributed by atoms with Gasteiger partial charge < -0.3 is 10.4 Å². The van der Waals surface area contributed by atoms with Gasteiger partial charge >= 0.3 is 0 Å². The molecule has 0 amide bonds. The Labute approximate surface area is 139 Å². The summed E-state index contributed by atoms with van der Waals surface area (Å²) in [5, 5.41) is 18.0. The summed E-state index contributed by atoms with van der Waals surface area (Å²) < 4.78 is 1.83. The molecule has 2 heterocycles. The summed E-state index contributed by atoms with van der Waals surface area (Å²) in [5.74, 6) is 0.956. The Bertz CT molecular complexity index is 813. The highest BCUT2D eigenvalue weighted by atomic mass is 35.5. The number of halogens is 1. The maximum atomic E-state index is 9.30. The SMILES string of the molecule is CC(C)n1ncc2c(NCCc3ccc(O)cc3)nc(Cl)nc21. The molecule has 0 unspecified atom stereocenters. The van der Waals surface area contributed by atoms with E-state index in [1.165, 1.54) is 0 Å². The molecule has 3 aromatic rings. The fourth-order valence-corrected chi connectivity index (χ4v) is 2.56. The summed E-state index contributed by atoms with van der Waals surface area (Å²) in [5.41, 5.74) is 1.86. The van der Waals surface area contributed by atoms with Crippen molar-refractivity contribution in [1.82, 2.24) is 19.7 Å². The molecule has 0 fully saturated rings. The first kappa shape index (κ1) is 15.6. The third-order valence-electron chi connectivity index (χ3n) is 3.56. The minimum Gasteiger partial charge on any atom is -0.508 e. The van der Waals surface area contributed by atoms with Gasteiger partial charge in [-0.2, -0.15) is 15.1 Å². The molecule has 0 radical (unpaired) electrons. The van der Waals surface area contributed by atoms with E-state index in [2.05, 4.69) is 20.4 Å². The van der Waals surface area contributed by atoms with Crippen molar-refractivity contribution in [2.24, 2.45) is 0 Å². The fraction of sp³-hybridized carbons (Fsp3) is 0.312. The van der Waals surface area contributed by atoms with Crippen LogP contribution in [0.2, 0.25) is 5.28 Å². The van der Waals surface area contributed by atoms with Gasteiger partial charge in [0.2, 0.25) is 5.28 Å². The van der Waals surface area contributed by atoms with E-state index < -0.39 is 0 Å². The number of nitrogens with one attached hydrogen (secondary N) is 1. The molecule has 2 aromatic heterocycles. The van der Waals surface area contributed by atoms with Gasteiger partial charge in [0.1, 0.15) is 11.6 Å². The van der Waals surface area contributed by atoms with E-state index in [-0.39, 0.29) is 17.1 Å². The van der Waals surface area contributed by atoms with Crippen molar-refractivity contribution in [1.29, 1.82) is 0 Å². The number of rotatable bonds is 5. The van der Waals surface area contributed by atoms with E-state index in [1.807, 2.05) is 30.7 Å². The van der Waals surface area contributed by atoms with E-state index >= 15 is 0 Å². The summed E-state index contributed by atoms with van der Waals surface area (Å²) in [6.07, 6.45) is 2.57. The van der Waals surface area contributed by atoms with Crippen molar-refractivity contribution in [3.05, 3.63) is 41.3 Å². The molecular weight excluding hydrogens is 314 g/mol. The molecule has 3 rings (SSSR count). The van der Waals surface area contributed by atoms with Crippen LogP contribution in [-0.4, -0.2) is 31.4 Å². The molecule has 7 heteroatoms. The average Bonchev–Trinajstić information content (AvgIpc) is 2.93. The normalized spacial score (nSPS) is 11.3. The number of benzene rings is 1. The second kappa shape index (κ2) is 6.42. The van der Waals surface area contributed by atoms with Gasteiger partial charge in [0.05, 0.1) is 11.6 Å². The quantitative estimate of drug-likeness (QED) is 0.701. The molecule has 0 aliphatic heterocycles. The number of nitrogens with zero attached hydrogens (tertiary/aromatic N) is 4. The lowest BCUT2D eigenvalue weighted by molar-refractivity contribution is 0.475. The molecule has 120 valence electrons. The standard InChI is InChI=1S/C16H18ClN5O/c1-10(2)22-15-13(9-19-22)14(20-16(17)21-15)18-8-7-11-3-5-12(23)6-4-11/h3-6,9-10,23H,7-8H2,1-2H3,(H,18,20,21). The van der Waals surface area contributed by atoms with E-state index in [0.717, 1.165) is 23.0 Å². The summed E-state index contributed by atoms with van der Waals surface area (Å²) in [6.45, 7) is 4.78. The minimum atomic E-state index is 0.198. The number of aromatic nitrogens is 4. The zero-order chi connectivity index (χ0) is 16.4. The maximum Gasteiger partial charge on any atom is 0.226 e. The van der Waals surface area contributed by atoms with Crippen molar-refractivity contribution in [2.75, 3.05) is 11.9 Å². The first-order valence-electron chi connectivity index (χ1n) is 7.47. The Morgan fingerprint density at radius 1 is 1.22 bits per heavy atom. The molecule has 1 aromatic carbocycles. The van der Waals surface area contributed by atoms with Gasteiger partial charge in [0.15, 0.2) is 5.65 Å². The predicted molar refractivity (Wildman–Crippen MR) is 91.0 cm³/mol. The van der Waals surface area contributed by atoms with E-state index in [0.29, 0.717) is 12.4 Å². The Morgan fingerprint density at radius 3 is 2.65 bits per heavy atom. The Morgan fingerprint density at radius 2 is 1.96 bits per heavy atom. The number of hydrogen-bond donors (Lipinski definition) is 2. The third-order valence-corrected chi connectivity index (χ3v) is 3.73. The van der Waals surface area contributed by atoms with Gasteiger partial charge in [-0.25, -0.2) is 4.68 Å². The second-order valence-electron chi connectivity index (χ2n) is 5.60. The number of hydrogen-bond acceptors (Lipinski definition) is 5. The predicted octanol–water partition coefficient (Wildman–Crippen LogP) is 3.42. The van der Waals surface area contributed by atoms with Crippen LogP contribution in [-0.2, 0) is 6.42 Å². The topological polar surface area (TPSA) is 75.9 Å². The van der Waals surface area contributed by atoms with Crippen molar-refractivity contribution in [3.8, 4) is 5.75 Å². The van der Waals surface area contributed by atoms with Crippen LogP contribution >= 0.6 is 11.6 Å². The molecule has 0 atom stereocenters. The van der Waals surface area contributed by atoms with Crippen molar-refractivity contribution >= 4 is 28.5 Å². The molecule has 0 aliphatic carbocycles. The van der Waals surface area contributed by atoms with Crippen LogP contribution in [0.15, 0.2) is 30.5 Å². The Kier molecular flexibility index (Phi) is 4.34. The van der Waals surface area contributed by atoms with Crippen LogP contribution in [0, 0.1) is 0 Å². The molecular formula is C16H18ClN5O. The molecule has 6 nitrogen and oxygen atoms in total. The number of phenols is 1. The number of fused-ring (bicyclic) bond motifs is 1. The lowest BCUT2D eigenvalue weighted by Crippen LogP contribution is -2.08. The van der Waals surface area contributed by atoms with Crippen molar-refractivity contribution < 1.29 is 5.11 Å². The lowest BCUT2D eigenvalue weighted by atomic mass is 10.1. The summed E-state index contributed by atoms with van der Waals surface area (Å²) in [4.78, 5) is 8.55. The van der Waals surface area contributed by atoms with Gasteiger partial charge in [-0.3, -0.25) is 0 Å². The van der Waals surface area contributed by atoms with Crippen LogP contribution in [0.4, 0.5) is 5.82 Å². The molecule has 0 bridgehead atoms. The molecule has 0 saturated carbocycles. The summed E-state index contributed by atoms with van der Waals surface area (Å²) in [7, 11) is 0. The minimum absolute atomic E-state index is 0.198. The summed E-state index contributed by atoms with van der Waals surface area (Å²) in [6, 6.07) is 7.36. The first-order valence-corrected chi connectivity index (χ1v) is 7.85. The number of aromatic hydroxyl groups is 1. The average molecular weight is 332 g/mol. The van der Waals surface area contributed by atoms with Crippen molar-refractivity contribution in [2.45, 2.75) is 26.3 Å². The van der Waals surface area contributed by atoms with Crippen LogP contribution in [0.25, 0.3) is 11.0 Å². The Balaban J connectivity index is 1.78. The van der Waals surface area contributed by atoms with Crippen LogP contribution < -0.4 is 5.32 Å². The van der Waals surface area contributed by atoms with E-state index in [4.69, 9.17) is 11.6 Å². The van der Waals surface area contributed by atoms with Crippen LogP contribution in [0.3, 0.4) is 0 Å². The van der Waals surface area contributed by atoms with Crippen molar-refractivity contribution in [3.63, 3.8) is 0 Å². The highest BCUT2D eigenvalue weighted by Crippen LogP contribution is 2.24. The van der Waals surface area contributed by atoms with Crippen LogP contribution in [0.1, 0.15) is 25.5 Å². The first-order chi connectivity index (χ1) is 11.0. The monoisotopic (exact) mass is 331 g/mol. The van der Waals surface area contributed by atoms with Gasteiger partial charge in [0.25, 0.3) is 0 Å². The Hall–Kier alpha value is -2.34. The number of phenolic OH excluding ortho intramolecular Hbond substituents is 1. The van der Waals surface area contributed by atoms with Gasteiger partial charge in [-0.05, 0) is 49.6 Å². The van der Waals surface area contributed by atoms with Crippen LogP contribution in [0.5, 0.6) is 5.75 Å². The molecule has 0 aliphatic rings. The molecule has 23 heavy (non-hydrogen) atoms. The molecule has 2 N–H and O–H groups in total. The highest BCUT2D eigenvalue weighted by molar-refractivity contribution is 6.28. The third kappa shape index (κ3) is 3.37. The van der Waals surface area contributed by atoms with Gasteiger partial charge in [-0.15, -0.1) is 0 Å². The highest BCUT2D eigenvalue weighted by Gasteiger charge is 2.13. The smallest absolute Gasteiger partial charge is 0.226 e. The lowest BCUT2D eigenvalue weighted by Gasteiger charge is -2.09. The molecule has 0 saturated heterocycles. The maximum absolute atomic E-state index is 9.30. The zero-order valence-corrected chi connectivity index (χ0v) is 13.7. The fourth-order valence-electron chi connectivity index (χ4n) is 2.40. The molecule has 0 spiro atoms. The number of anilines is 1. The van der Waals surface area contributed by atoms with E-state index in [9.17, 15) is 5.11 Å². The zero-order valence-electron chi connectivity index (χ0n) is 13.0. The van der Waals surface area contributed by atoms with Gasteiger partial charge in [-0.1, -0.05) is 12.1 Å². The summed E-state index contributed by atoms with van der Waals surface area (Å²) >= 11 is 6.04. The van der Waals surface area contributed by atoms with E-state index in [1.54, 1.807) is 18.3 Å². The second-order valence-corrected chi connectivity index (χ2v) is 5.94. The largest absolute Gasteiger partial charge is 0.508 e. The van der Waals surface area contributed by atoms with Gasteiger partial charge in [0, 0.05) is 12.6 Å².